The van der Waals surface area contributed by atoms with Crippen molar-refractivity contribution < 1.29 is 32.7 Å². The first-order valence-electron chi connectivity index (χ1n) is 7.96. The SMILES string of the molecule is Nc1nnc(C(S)C2=C(C(=O)O)N3C(=O)[C@@H]4[C@H]3[C@H](C2)CN4C(=O)C(F)(F)F)s1.[NaH]. The Hall–Kier alpha value is -1.35. The molecular formula is C14H13F3N5NaO4S2. The maximum absolute atomic E-state index is 12.9. The van der Waals surface area contributed by atoms with E-state index in [0.29, 0.717) is 9.91 Å². The Kier molecular flexibility index (Phi) is 5.71. The molecule has 152 valence electrons. The first-order valence-corrected chi connectivity index (χ1v) is 9.29. The monoisotopic (exact) mass is 459 g/mol. The van der Waals surface area contributed by atoms with Gasteiger partial charge in [-0.25, -0.2) is 4.79 Å². The molecule has 1 unspecified atom stereocenters. The minimum absolute atomic E-state index is 0. The van der Waals surface area contributed by atoms with Gasteiger partial charge in [0.05, 0.1) is 11.3 Å². The maximum atomic E-state index is 12.9. The van der Waals surface area contributed by atoms with Crippen molar-refractivity contribution in [3.8, 4) is 0 Å². The van der Waals surface area contributed by atoms with Gasteiger partial charge in [0.15, 0.2) is 0 Å². The first-order chi connectivity index (χ1) is 13.0. The Morgan fingerprint density at radius 1 is 1.34 bits per heavy atom. The van der Waals surface area contributed by atoms with E-state index < -0.39 is 47.2 Å². The van der Waals surface area contributed by atoms with Gasteiger partial charge in [0.25, 0.3) is 5.91 Å². The number of rotatable bonds is 3. The van der Waals surface area contributed by atoms with E-state index in [-0.39, 0.29) is 58.9 Å². The summed E-state index contributed by atoms with van der Waals surface area (Å²) in [7, 11) is 0. The summed E-state index contributed by atoms with van der Waals surface area (Å²) < 4.78 is 38.6. The average Bonchev–Trinajstić information content (AvgIpc) is 3.19. The van der Waals surface area contributed by atoms with Gasteiger partial charge in [-0.05, 0) is 12.0 Å². The van der Waals surface area contributed by atoms with Gasteiger partial charge < -0.3 is 15.7 Å². The summed E-state index contributed by atoms with van der Waals surface area (Å²) in [6, 6.07) is -2.10. The second-order valence-corrected chi connectivity index (χ2v) is 8.18. The molecule has 0 radical (unpaired) electrons. The molecule has 0 saturated carbocycles. The van der Waals surface area contributed by atoms with E-state index in [1.807, 2.05) is 0 Å². The van der Waals surface area contributed by atoms with Crippen LogP contribution in [0.2, 0.25) is 0 Å². The van der Waals surface area contributed by atoms with Crippen molar-refractivity contribution in [1.29, 1.82) is 0 Å². The van der Waals surface area contributed by atoms with Crippen LogP contribution in [0.15, 0.2) is 11.3 Å². The summed E-state index contributed by atoms with van der Waals surface area (Å²) in [5.41, 5.74) is 5.43. The standard InChI is InChI=1S/C14H12F3N5O4S2.Na.H/c15-14(16,17)12(26)21-2-3-1-4(8(27)9-19-20-13(18)28-9)6(11(24)25)22-5(3)7(21)10(22)23;;/h3,5,7-8,27H,1-2H2,(H2,18,20)(H,24,25);;/t3-,5-,7+,8?;;/m1../s1. The number of β-lactam (4-membered cyclic amide) rings is 1. The number of nitrogens with zero attached hydrogens (tertiary/aromatic N) is 4. The van der Waals surface area contributed by atoms with E-state index in [9.17, 15) is 32.7 Å². The number of likely N-dealkylation sites (tertiary alicyclic amines) is 1. The van der Waals surface area contributed by atoms with Crippen molar-refractivity contribution in [3.63, 3.8) is 0 Å². The topological polar surface area (TPSA) is 130 Å². The van der Waals surface area contributed by atoms with Gasteiger partial charge in [0.2, 0.25) is 5.13 Å². The van der Waals surface area contributed by atoms with Crippen molar-refractivity contribution in [2.75, 3.05) is 12.3 Å². The van der Waals surface area contributed by atoms with Crippen LogP contribution in [0.4, 0.5) is 18.3 Å². The Morgan fingerprint density at radius 3 is 2.52 bits per heavy atom. The number of aliphatic carboxylic acids is 1. The van der Waals surface area contributed by atoms with Gasteiger partial charge in [0, 0.05) is 12.5 Å². The first kappa shape index (κ1) is 22.3. The van der Waals surface area contributed by atoms with Crippen molar-refractivity contribution in [2.24, 2.45) is 5.92 Å². The van der Waals surface area contributed by atoms with Crippen LogP contribution in [-0.4, -0.2) is 97.2 Å². The number of amides is 2. The third-order valence-corrected chi connectivity index (χ3v) is 6.66. The zero-order valence-electron chi connectivity index (χ0n) is 13.8. The molecule has 9 nitrogen and oxygen atoms in total. The fourth-order valence-electron chi connectivity index (χ4n) is 4.09. The fourth-order valence-corrected chi connectivity index (χ4v) is 5.16. The number of hydrogen-bond acceptors (Lipinski definition) is 8. The molecule has 1 aromatic rings. The number of hydrogen-bond donors (Lipinski definition) is 3. The van der Waals surface area contributed by atoms with Crippen molar-refractivity contribution in [2.45, 2.75) is 29.9 Å². The number of halogens is 3. The van der Waals surface area contributed by atoms with Crippen LogP contribution in [-0.2, 0) is 14.4 Å². The Bertz CT molecular complexity index is 939. The van der Waals surface area contributed by atoms with Crippen LogP contribution in [0.3, 0.4) is 0 Å². The molecule has 0 spiro atoms. The van der Waals surface area contributed by atoms with E-state index in [1.165, 1.54) is 0 Å². The molecule has 2 saturated heterocycles. The third kappa shape index (κ3) is 3.34. The Morgan fingerprint density at radius 2 is 2.00 bits per heavy atom. The third-order valence-electron chi connectivity index (χ3n) is 5.12. The van der Waals surface area contributed by atoms with E-state index in [0.717, 1.165) is 16.2 Å². The molecule has 0 bridgehead atoms. The Balaban J connectivity index is 0.00000240. The molecule has 0 aromatic carbocycles. The summed E-state index contributed by atoms with van der Waals surface area (Å²) in [6.45, 7) is -0.301. The number of carboxylic acid groups (broad SMARTS) is 1. The number of aromatic nitrogens is 2. The molecular weight excluding hydrogens is 446 g/mol. The summed E-state index contributed by atoms with van der Waals surface area (Å²) in [6.07, 6.45) is -5.06. The van der Waals surface area contributed by atoms with E-state index in [1.54, 1.807) is 0 Å². The Labute approximate surface area is 192 Å². The quantitative estimate of drug-likeness (QED) is 0.324. The van der Waals surface area contributed by atoms with Crippen molar-refractivity contribution in [1.82, 2.24) is 20.0 Å². The molecule has 3 aliphatic heterocycles. The second-order valence-electron chi connectivity index (χ2n) is 6.62. The molecule has 4 rings (SSSR count). The van der Waals surface area contributed by atoms with Crippen molar-refractivity contribution in [3.05, 3.63) is 16.3 Å². The van der Waals surface area contributed by atoms with Crippen LogP contribution < -0.4 is 5.73 Å². The van der Waals surface area contributed by atoms with Gasteiger partial charge >= 0.3 is 47.6 Å². The second kappa shape index (κ2) is 7.41. The number of nitrogen functional groups attached to an aromatic ring is 1. The molecule has 15 heteroatoms. The molecule has 29 heavy (non-hydrogen) atoms. The number of carbonyl (C=O) groups is 3. The van der Waals surface area contributed by atoms with Gasteiger partial charge in [-0.1, -0.05) is 11.3 Å². The summed E-state index contributed by atoms with van der Waals surface area (Å²) in [5.74, 6) is -4.89. The predicted molar refractivity (Wildman–Crippen MR) is 98.2 cm³/mol. The normalized spacial score (nSPS) is 26.6. The predicted octanol–water partition coefficient (Wildman–Crippen LogP) is -0.215. The number of nitrogens with two attached hydrogens (primary N) is 1. The van der Waals surface area contributed by atoms with Crippen molar-refractivity contribution >= 4 is 76.4 Å². The van der Waals surface area contributed by atoms with E-state index in [2.05, 4.69) is 22.8 Å². The number of alkyl halides is 3. The average molecular weight is 459 g/mol. The zero-order valence-corrected chi connectivity index (χ0v) is 15.5. The molecule has 1 aromatic heterocycles. The van der Waals surface area contributed by atoms with E-state index in [4.69, 9.17) is 5.73 Å². The summed E-state index contributed by atoms with van der Waals surface area (Å²) >= 11 is 5.38. The van der Waals surface area contributed by atoms with E-state index >= 15 is 0 Å². The zero-order chi connectivity index (χ0) is 20.5. The number of anilines is 1. The van der Waals surface area contributed by atoms with Crippen LogP contribution in [0.5, 0.6) is 0 Å². The number of carbonyl (C=O) groups excluding carboxylic acids is 2. The molecule has 2 fully saturated rings. The fraction of sp³-hybridized carbons (Fsp3) is 0.500. The van der Waals surface area contributed by atoms with Gasteiger partial charge in [-0.2, -0.15) is 25.8 Å². The molecule has 3 aliphatic rings. The molecule has 0 aliphatic carbocycles. The van der Waals surface area contributed by atoms with Gasteiger partial charge in [-0.15, -0.1) is 10.2 Å². The molecule has 4 atom stereocenters. The van der Waals surface area contributed by atoms with Crippen LogP contribution in [0.25, 0.3) is 0 Å². The van der Waals surface area contributed by atoms with Crippen LogP contribution in [0, 0.1) is 5.92 Å². The van der Waals surface area contributed by atoms with Gasteiger partial charge in [0.1, 0.15) is 16.7 Å². The molecule has 4 heterocycles. The molecule has 2 amide bonds. The summed E-state index contributed by atoms with van der Waals surface area (Å²) in [4.78, 5) is 37.5. The minimum atomic E-state index is -5.11. The number of thiol groups is 1. The van der Waals surface area contributed by atoms with Crippen LogP contribution in [0.1, 0.15) is 16.7 Å². The number of carboxylic acids is 1. The van der Waals surface area contributed by atoms with Crippen LogP contribution >= 0.6 is 24.0 Å². The molecule has 3 N–H and O–H groups in total. The summed E-state index contributed by atoms with van der Waals surface area (Å²) in [5, 5.41) is 16.7. The van der Waals surface area contributed by atoms with Gasteiger partial charge in [-0.3, -0.25) is 14.5 Å².